The number of benzene rings is 2. The van der Waals surface area contributed by atoms with E-state index in [-0.39, 0.29) is 5.78 Å². The van der Waals surface area contributed by atoms with Crippen LogP contribution in [0, 0.1) is 11.3 Å². The molecule has 0 fully saturated rings. The minimum absolute atomic E-state index is 0.0205. The van der Waals surface area contributed by atoms with E-state index in [0.29, 0.717) is 11.3 Å². The van der Waals surface area contributed by atoms with Crippen molar-refractivity contribution in [1.29, 1.82) is 5.26 Å². The van der Waals surface area contributed by atoms with Gasteiger partial charge in [-0.25, -0.2) is 0 Å². The summed E-state index contributed by atoms with van der Waals surface area (Å²) in [4.78, 5) is 11.5. The summed E-state index contributed by atoms with van der Waals surface area (Å²) in [6.07, 6.45) is 0. The van der Waals surface area contributed by atoms with Crippen molar-refractivity contribution in [3.8, 4) is 6.07 Å². The Morgan fingerprint density at radius 1 is 1.11 bits per heavy atom. The molecule has 94 valence electrons. The second-order valence-electron chi connectivity index (χ2n) is 4.22. The van der Waals surface area contributed by atoms with Gasteiger partial charge >= 0.3 is 0 Å². The molecule has 0 bridgehead atoms. The van der Waals surface area contributed by atoms with E-state index in [2.05, 4.69) is 11.4 Å². The van der Waals surface area contributed by atoms with Crippen molar-refractivity contribution < 1.29 is 4.79 Å². The fourth-order valence-electron chi connectivity index (χ4n) is 1.91. The molecule has 2 aromatic carbocycles. The van der Waals surface area contributed by atoms with Crippen molar-refractivity contribution >= 4 is 11.5 Å². The average molecular weight is 250 g/mol. The first kappa shape index (κ1) is 12.8. The first-order valence-electron chi connectivity index (χ1n) is 6.03. The molecule has 0 saturated carbocycles. The molecule has 0 aliphatic rings. The molecule has 19 heavy (non-hydrogen) atoms. The van der Waals surface area contributed by atoms with E-state index in [9.17, 15) is 10.1 Å². The number of nitrogens with zero attached hydrogens (tertiary/aromatic N) is 1. The summed E-state index contributed by atoms with van der Waals surface area (Å²) in [5.41, 5.74) is 2.16. The number of ketones is 1. The maximum atomic E-state index is 11.5. The first-order valence-corrected chi connectivity index (χ1v) is 6.03. The highest BCUT2D eigenvalue weighted by Gasteiger charge is 2.13. The van der Waals surface area contributed by atoms with Gasteiger partial charge in [0.2, 0.25) is 0 Å². The summed E-state index contributed by atoms with van der Waals surface area (Å²) in [7, 11) is 0. The quantitative estimate of drug-likeness (QED) is 0.844. The van der Waals surface area contributed by atoms with Crippen molar-refractivity contribution in [1.82, 2.24) is 0 Å². The van der Waals surface area contributed by atoms with Gasteiger partial charge in [0, 0.05) is 11.3 Å². The van der Waals surface area contributed by atoms with Gasteiger partial charge in [0.15, 0.2) is 5.78 Å². The Bertz CT molecular complexity index is 614. The lowest BCUT2D eigenvalue weighted by atomic mass is 10.1. The van der Waals surface area contributed by atoms with Gasteiger partial charge in [-0.1, -0.05) is 42.5 Å². The number of carbonyl (C=O) groups excluding carboxylic acids is 1. The third-order valence-corrected chi connectivity index (χ3v) is 2.87. The summed E-state index contributed by atoms with van der Waals surface area (Å²) in [5, 5.41) is 12.4. The number of anilines is 1. The molecule has 2 aromatic rings. The number of Topliss-reactive ketones (excluding diaryl/α,β-unsaturated/α-hetero) is 1. The summed E-state index contributed by atoms with van der Waals surface area (Å²) in [6, 6.07) is 18.4. The molecule has 0 amide bonds. The van der Waals surface area contributed by atoms with E-state index in [4.69, 9.17) is 0 Å². The smallest absolute Gasteiger partial charge is 0.161 e. The van der Waals surface area contributed by atoms with E-state index >= 15 is 0 Å². The highest BCUT2D eigenvalue weighted by Crippen LogP contribution is 2.22. The zero-order valence-corrected chi connectivity index (χ0v) is 10.6. The molecule has 3 heteroatoms. The van der Waals surface area contributed by atoms with Crippen LogP contribution in [0.25, 0.3) is 0 Å². The Balaban J connectivity index is 2.30. The van der Waals surface area contributed by atoms with E-state index in [1.807, 2.05) is 48.5 Å². The van der Waals surface area contributed by atoms with Gasteiger partial charge in [0.25, 0.3) is 0 Å². The molecule has 0 aliphatic carbocycles. The Labute approximate surface area is 112 Å². The Kier molecular flexibility index (Phi) is 3.94. The minimum Gasteiger partial charge on any atom is -0.366 e. The third kappa shape index (κ3) is 2.99. The Morgan fingerprint density at radius 2 is 1.74 bits per heavy atom. The van der Waals surface area contributed by atoms with Crippen LogP contribution in [-0.4, -0.2) is 5.78 Å². The fraction of sp³-hybridized carbons (Fsp3) is 0.125. The molecule has 2 rings (SSSR count). The minimum atomic E-state index is -0.471. The maximum Gasteiger partial charge on any atom is 0.161 e. The van der Waals surface area contributed by atoms with Crippen LogP contribution >= 0.6 is 0 Å². The van der Waals surface area contributed by atoms with Gasteiger partial charge in [-0.05, 0) is 24.6 Å². The monoisotopic (exact) mass is 250 g/mol. The maximum absolute atomic E-state index is 11.5. The van der Waals surface area contributed by atoms with Gasteiger partial charge in [-0.15, -0.1) is 0 Å². The number of rotatable bonds is 4. The van der Waals surface area contributed by atoms with Crippen LogP contribution in [0.15, 0.2) is 54.6 Å². The van der Waals surface area contributed by atoms with Crippen molar-refractivity contribution in [2.45, 2.75) is 13.0 Å². The molecule has 0 spiro atoms. The van der Waals surface area contributed by atoms with Gasteiger partial charge < -0.3 is 5.32 Å². The molecular formula is C16H14N2O. The van der Waals surface area contributed by atoms with Crippen LogP contribution in [0.1, 0.15) is 28.9 Å². The first-order chi connectivity index (χ1) is 9.22. The van der Waals surface area contributed by atoms with E-state index in [1.54, 1.807) is 6.07 Å². The van der Waals surface area contributed by atoms with Crippen molar-refractivity contribution in [3.05, 3.63) is 65.7 Å². The molecule has 0 aliphatic heterocycles. The fourth-order valence-corrected chi connectivity index (χ4v) is 1.91. The molecule has 0 heterocycles. The molecule has 1 atom stereocenters. The highest BCUT2D eigenvalue weighted by atomic mass is 16.1. The topological polar surface area (TPSA) is 52.9 Å². The van der Waals surface area contributed by atoms with E-state index in [1.165, 1.54) is 6.92 Å². The van der Waals surface area contributed by atoms with Gasteiger partial charge in [0.1, 0.15) is 6.04 Å². The van der Waals surface area contributed by atoms with Crippen LogP contribution in [-0.2, 0) is 0 Å². The van der Waals surface area contributed by atoms with Crippen LogP contribution in [0.5, 0.6) is 0 Å². The largest absolute Gasteiger partial charge is 0.366 e. The Morgan fingerprint density at radius 3 is 2.37 bits per heavy atom. The lowest BCUT2D eigenvalue weighted by Crippen LogP contribution is -2.11. The molecule has 0 aromatic heterocycles. The third-order valence-electron chi connectivity index (χ3n) is 2.87. The number of nitrogens with one attached hydrogen (secondary N) is 1. The predicted octanol–water partition coefficient (Wildman–Crippen LogP) is 3.57. The number of para-hydroxylation sites is 1. The summed E-state index contributed by atoms with van der Waals surface area (Å²) >= 11 is 0. The zero-order chi connectivity index (χ0) is 13.7. The van der Waals surface area contributed by atoms with Crippen LogP contribution in [0.4, 0.5) is 5.69 Å². The second-order valence-corrected chi connectivity index (χ2v) is 4.22. The lowest BCUT2D eigenvalue weighted by molar-refractivity contribution is 0.101. The van der Waals surface area contributed by atoms with Gasteiger partial charge in [-0.2, -0.15) is 5.26 Å². The number of hydrogen-bond acceptors (Lipinski definition) is 3. The van der Waals surface area contributed by atoms with Crippen LogP contribution < -0.4 is 5.32 Å². The SMILES string of the molecule is CC(=O)c1ccccc1NC(C#N)c1ccccc1. The van der Waals surface area contributed by atoms with E-state index in [0.717, 1.165) is 5.56 Å². The van der Waals surface area contributed by atoms with Crippen molar-refractivity contribution in [3.63, 3.8) is 0 Å². The predicted molar refractivity (Wildman–Crippen MR) is 74.9 cm³/mol. The molecule has 0 saturated heterocycles. The molecule has 1 N–H and O–H groups in total. The average Bonchev–Trinajstić information content (AvgIpc) is 2.46. The van der Waals surface area contributed by atoms with Gasteiger partial charge in [-0.3, -0.25) is 4.79 Å². The summed E-state index contributed by atoms with van der Waals surface area (Å²) in [6.45, 7) is 1.52. The van der Waals surface area contributed by atoms with Gasteiger partial charge in [0.05, 0.1) is 6.07 Å². The summed E-state index contributed by atoms with van der Waals surface area (Å²) < 4.78 is 0. The number of nitriles is 1. The Hall–Kier alpha value is -2.60. The molecular weight excluding hydrogens is 236 g/mol. The number of hydrogen-bond donors (Lipinski definition) is 1. The second kappa shape index (κ2) is 5.83. The summed E-state index contributed by atoms with van der Waals surface area (Å²) in [5.74, 6) is -0.0205. The lowest BCUT2D eigenvalue weighted by Gasteiger charge is -2.15. The van der Waals surface area contributed by atoms with Crippen molar-refractivity contribution in [2.24, 2.45) is 0 Å². The number of carbonyl (C=O) groups is 1. The molecule has 1 unspecified atom stereocenters. The molecule has 0 radical (unpaired) electrons. The van der Waals surface area contributed by atoms with Crippen LogP contribution in [0.3, 0.4) is 0 Å². The highest BCUT2D eigenvalue weighted by molar-refractivity contribution is 5.99. The van der Waals surface area contributed by atoms with Crippen LogP contribution in [0.2, 0.25) is 0 Å². The van der Waals surface area contributed by atoms with E-state index < -0.39 is 6.04 Å². The normalized spacial score (nSPS) is 11.4. The molecule has 3 nitrogen and oxygen atoms in total. The standard InChI is InChI=1S/C16H14N2O/c1-12(19)14-9-5-6-10-15(14)18-16(11-17)13-7-3-2-4-8-13/h2-10,16,18H,1H3. The van der Waals surface area contributed by atoms with Crippen molar-refractivity contribution in [2.75, 3.05) is 5.32 Å². The zero-order valence-electron chi connectivity index (χ0n) is 10.6.